The fraction of sp³-hybridized carbons (Fsp3) is 0.333. The van der Waals surface area contributed by atoms with Crippen LogP contribution in [0.3, 0.4) is 0 Å². The van der Waals surface area contributed by atoms with Crippen LogP contribution in [0, 0.1) is 6.92 Å². The van der Waals surface area contributed by atoms with Gasteiger partial charge in [0.25, 0.3) is 0 Å². The summed E-state index contributed by atoms with van der Waals surface area (Å²) in [7, 11) is 0. The molecule has 0 atom stereocenters. The van der Waals surface area contributed by atoms with E-state index in [9.17, 15) is 0 Å². The third kappa shape index (κ3) is 6.41. The Hall–Kier alpha value is -5.58. The Morgan fingerprint density at radius 3 is 1.70 bits per heavy atom. The van der Waals surface area contributed by atoms with Crippen LogP contribution in [0.25, 0.3) is 43.1 Å². The second-order valence-electron chi connectivity index (χ2n) is 24.4. The molecule has 3 heterocycles. The molecule has 67 heavy (non-hydrogen) atoms. The van der Waals surface area contributed by atoms with E-state index in [1.165, 1.54) is 141 Å². The highest BCUT2D eigenvalue weighted by Crippen LogP contribution is 2.56. The Labute approximate surface area is 404 Å². The average Bonchev–Trinajstić information content (AvgIpc) is 3.67. The SMILES string of the molecule is Cc1cc2c(cc1N1c3cc(-c4ccccc4)cc4c3B(c3c1sc1cc5c(cc31)C(C)(C)CCC5(C)C)N(c1ccc(C(C)(C)C)cc1)c1cc3ccccc3cc1-4)C(C)(C)CCC2(C)C. The lowest BCUT2D eigenvalue weighted by atomic mass is 9.43. The molecule has 4 aliphatic rings. The van der Waals surface area contributed by atoms with Gasteiger partial charge in [-0.15, -0.1) is 11.3 Å². The monoisotopic (exact) mass is 892 g/mol. The Morgan fingerprint density at radius 2 is 1.07 bits per heavy atom. The van der Waals surface area contributed by atoms with E-state index in [0.29, 0.717) is 0 Å². The molecule has 0 bridgehead atoms. The van der Waals surface area contributed by atoms with Gasteiger partial charge in [-0.3, -0.25) is 0 Å². The van der Waals surface area contributed by atoms with Crippen LogP contribution in [0.15, 0.2) is 127 Å². The first-order chi connectivity index (χ1) is 31.7. The minimum absolute atomic E-state index is 0.0421. The Balaban J connectivity index is 1.25. The molecule has 7 aromatic carbocycles. The number of hydrogen-bond acceptors (Lipinski definition) is 3. The van der Waals surface area contributed by atoms with E-state index in [1.54, 1.807) is 0 Å². The van der Waals surface area contributed by atoms with Crippen molar-refractivity contribution in [3.8, 4) is 22.3 Å². The number of fused-ring (bicyclic) bond motifs is 9. The van der Waals surface area contributed by atoms with Gasteiger partial charge in [0, 0.05) is 27.3 Å². The summed E-state index contributed by atoms with van der Waals surface area (Å²) >= 11 is 2.02. The van der Waals surface area contributed by atoms with Crippen molar-refractivity contribution in [2.24, 2.45) is 0 Å². The second-order valence-corrected chi connectivity index (χ2v) is 25.4. The summed E-state index contributed by atoms with van der Waals surface area (Å²) in [6, 6.07) is 50.2. The number of aryl methyl sites for hydroxylation is 1. The number of hydrogen-bond donors (Lipinski definition) is 0. The van der Waals surface area contributed by atoms with E-state index >= 15 is 0 Å². The van der Waals surface area contributed by atoms with E-state index in [0.717, 1.165) is 0 Å². The molecule has 12 rings (SSSR count). The molecule has 2 aliphatic carbocycles. The zero-order valence-corrected chi connectivity index (χ0v) is 42.6. The molecule has 0 radical (unpaired) electrons. The highest BCUT2D eigenvalue weighted by Gasteiger charge is 2.49. The minimum Gasteiger partial charge on any atom is -0.376 e. The number of anilines is 5. The molecule has 2 nitrogen and oxygen atoms in total. The van der Waals surface area contributed by atoms with E-state index in [2.05, 4.69) is 220 Å². The molecule has 0 fully saturated rings. The van der Waals surface area contributed by atoms with Crippen molar-refractivity contribution >= 4 is 77.7 Å². The molecule has 1 aromatic heterocycles. The molecule has 0 spiro atoms. The van der Waals surface area contributed by atoms with Crippen LogP contribution in [0.1, 0.15) is 135 Å². The lowest BCUT2D eigenvalue weighted by molar-refractivity contribution is 0.332. The summed E-state index contributed by atoms with van der Waals surface area (Å²) in [5.41, 5.74) is 22.2. The van der Waals surface area contributed by atoms with Gasteiger partial charge in [-0.25, -0.2) is 0 Å². The Morgan fingerprint density at radius 1 is 0.507 bits per heavy atom. The topological polar surface area (TPSA) is 6.48 Å². The Bertz CT molecular complexity index is 3360. The van der Waals surface area contributed by atoms with Crippen molar-refractivity contribution in [1.82, 2.24) is 0 Å². The third-order valence-corrected chi connectivity index (χ3v) is 18.2. The molecule has 8 aromatic rings. The van der Waals surface area contributed by atoms with Crippen molar-refractivity contribution in [1.29, 1.82) is 0 Å². The highest BCUT2D eigenvalue weighted by molar-refractivity contribution is 7.26. The maximum Gasteiger partial charge on any atom is 0.334 e. The van der Waals surface area contributed by atoms with Gasteiger partial charge in [0.2, 0.25) is 0 Å². The predicted molar refractivity (Wildman–Crippen MR) is 292 cm³/mol. The van der Waals surface area contributed by atoms with Gasteiger partial charge in [0.05, 0.1) is 10.7 Å². The molecule has 0 N–H and O–H groups in total. The van der Waals surface area contributed by atoms with Crippen LogP contribution in [0.4, 0.5) is 27.8 Å². The predicted octanol–water partition coefficient (Wildman–Crippen LogP) is 16.7. The third-order valence-electron chi connectivity index (χ3n) is 17.0. The fourth-order valence-corrected chi connectivity index (χ4v) is 13.9. The summed E-state index contributed by atoms with van der Waals surface area (Å²) in [5.74, 6) is 0. The molecule has 0 saturated heterocycles. The first-order valence-electron chi connectivity index (χ1n) is 25.0. The molecule has 4 heteroatoms. The van der Waals surface area contributed by atoms with Crippen LogP contribution in [0.5, 0.6) is 0 Å². The first kappa shape index (κ1) is 42.8. The van der Waals surface area contributed by atoms with Gasteiger partial charge >= 0.3 is 6.85 Å². The van der Waals surface area contributed by atoms with Crippen LogP contribution >= 0.6 is 11.3 Å². The number of benzene rings is 7. The van der Waals surface area contributed by atoms with Crippen LogP contribution in [-0.4, -0.2) is 6.85 Å². The number of nitrogens with zero attached hydrogens (tertiary/aromatic N) is 2. The molecule has 0 amide bonds. The zero-order chi connectivity index (χ0) is 46.7. The highest BCUT2D eigenvalue weighted by atomic mass is 32.1. The second kappa shape index (κ2) is 14.2. The minimum atomic E-state index is -0.0740. The van der Waals surface area contributed by atoms with Crippen molar-refractivity contribution in [3.05, 3.63) is 161 Å². The van der Waals surface area contributed by atoms with E-state index < -0.39 is 0 Å². The van der Waals surface area contributed by atoms with Crippen molar-refractivity contribution in [2.45, 2.75) is 136 Å². The van der Waals surface area contributed by atoms with Crippen LogP contribution < -0.4 is 20.6 Å². The van der Waals surface area contributed by atoms with Crippen molar-refractivity contribution in [2.75, 3.05) is 9.71 Å². The first-order valence-corrected chi connectivity index (χ1v) is 25.8. The number of thiophene rings is 1. The van der Waals surface area contributed by atoms with Crippen LogP contribution in [0.2, 0.25) is 0 Å². The molecule has 0 saturated carbocycles. The largest absolute Gasteiger partial charge is 0.376 e. The van der Waals surface area contributed by atoms with E-state index in [-0.39, 0.29) is 33.9 Å². The van der Waals surface area contributed by atoms with E-state index in [1.807, 2.05) is 11.3 Å². The fourth-order valence-electron chi connectivity index (χ4n) is 12.6. The smallest absolute Gasteiger partial charge is 0.334 e. The maximum absolute atomic E-state index is 2.75. The maximum atomic E-state index is 2.75. The van der Waals surface area contributed by atoms with Crippen LogP contribution in [-0.2, 0) is 27.1 Å². The zero-order valence-electron chi connectivity index (χ0n) is 41.8. The van der Waals surface area contributed by atoms with Gasteiger partial charge < -0.3 is 9.71 Å². The normalized spacial score (nSPS) is 18.3. The van der Waals surface area contributed by atoms with Gasteiger partial charge in [0.15, 0.2) is 0 Å². The van der Waals surface area contributed by atoms with Gasteiger partial charge in [-0.05, 0) is 191 Å². The quantitative estimate of drug-likeness (QED) is 0.163. The summed E-state index contributed by atoms with van der Waals surface area (Å²) < 4.78 is 1.39. The van der Waals surface area contributed by atoms with Crippen molar-refractivity contribution in [3.63, 3.8) is 0 Å². The summed E-state index contributed by atoms with van der Waals surface area (Å²) in [4.78, 5) is 5.49. The molecular formula is C63H65BN2S. The van der Waals surface area contributed by atoms with Gasteiger partial charge in [0.1, 0.15) is 0 Å². The lowest BCUT2D eigenvalue weighted by Gasteiger charge is -2.46. The van der Waals surface area contributed by atoms with Crippen molar-refractivity contribution < 1.29 is 0 Å². The van der Waals surface area contributed by atoms with E-state index in [4.69, 9.17) is 0 Å². The summed E-state index contributed by atoms with van der Waals surface area (Å²) in [6.07, 6.45) is 4.75. The number of rotatable bonds is 3. The Kier molecular flexibility index (Phi) is 9.09. The summed E-state index contributed by atoms with van der Waals surface area (Å²) in [5, 5.41) is 5.28. The molecule has 336 valence electrons. The van der Waals surface area contributed by atoms with Gasteiger partial charge in [-0.1, -0.05) is 149 Å². The molecular weight excluding hydrogens is 828 g/mol. The molecule has 2 aliphatic heterocycles. The van der Waals surface area contributed by atoms with Gasteiger partial charge in [-0.2, -0.15) is 0 Å². The lowest BCUT2D eigenvalue weighted by Crippen LogP contribution is -2.61. The average molecular weight is 893 g/mol. The standard InChI is InChI=1S/C63H65BN2S/c1-38-30-48-50(62(9,10)28-26-60(48,5)6)36-52(38)65-54-34-42(39-18-14-13-15-19-39)32-46-45-31-40-20-16-17-21-41(40)33-53(45)66(44-24-22-43(23-25-44)59(2,3)4)64(56(46)54)57-47-35-49-51(37-55(47)67-58(57)65)63(11,12)29-27-61(49,7)8/h13-25,30-37H,26-29H2,1-12H3. The summed E-state index contributed by atoms with van der Waals surface area (Å²) in [6.45, 7) is 29.1. The molecule has 0 unspecified atom stereocenters.